The van der Waals surface area contributed by atoms with Crippen molar-refractivity contribution < 1.29 is 9.59 Å². The largest absolute Gasteiger partial charge is 0.340 e. The van der Waals surface area contributed by atoms with Crippen molar-refractivity contribution in [2.75, 3.05) is 5.32 Å². The first-order chi connectivity index (χ1) is 9.97. The molecule has 110 valence electrons. The second kappa shape index (κ2) is 6.82. The molecule has 0 aliphatic heterocycles. The molecule has 2 N–H and O–H groups in total. The number of carbonyl (C=O) groups is 2. The lowest BCUT2D eigenvalue weighted by Crippen LogP contribution is -2.41. The zero-order chi connectivity index (χ0) is 15.4. The topological polar surface area (TPSA) is 71.1 Å². The van der Waals surface area contributed by atoms with Crippen LogP contribution < -0.4 is 10.6 Å². The lowest BCUT2D eigenvalue weighted by atomic mass is 10.2. The third-order valence-corrected chi connectivity index (χ3v) is 4.41. The minimum absolute atomic E-state index is 0.272. The number of hydrogen-bond donors (Lipinski definition) is 2. The van der Waals surface area contributed by atoms with Crippen LogP contribution in [0.4, 0.5) is 5.82 Å². The quantitative estimate of drug-likeness (QED) is 0.872. The molecule has 0 radical (unpaired) electrons. The first-order valence-electron chi connectivity index (χ1n) is 6.26. The fraction of sp³-hybridized carbons (Fsp3) is 0.214. The fourth-order valence-electron chi connectivity index (χ4n) is 1.61. The second-order valence-electron chi connectivity index (χ2n) is 4.46. The van der Waals surface area contributed by atoms with Gasteiger partial charge in [-0.15, -0.1) is 11.3 Å². The van der Waals surface area contributed by atoms with Crippen LogP contribution in [0.3, 0.4) is 0 Å². The Labute approximate surface area is 134 Å². The third kappa shape index (κ3) is 4.12. The first kappa shape index (κ1) is 15.7. The highest BCUT2D eigenvalue weighted by atomic mass is 79.9. The Hall–Kier alpha value is -1.73. The number of anilines is 1. The van der Waals surface area contributed by atoms with Gasteiger partial charge in [0.15, 0.2) is 0 Å². The van der Waals surface area contributed by atoms with Crippen molar-refractivity contribution in [3.8, 4) is 0 Å². The number of aryl methyl sites for hydroxylation is 1. The van der Waals surface area contributed by atoms with Crippen LogP contribution in [-0.2, 0) is 4.79 Å². The number of carbonyl (C=O) groups excluding carboxylic acids is 2. The van der Waals surface area contributed by atoms with Crippen LogP contribution in [0.5, 0.6) is 0 Å². The molecular weight excluding hydrogens is 354 g/mol. The van der Waals surface area contributed by atoms with Crippen molar-refractivity contribution >= 4 is 44.9 Å². The van der Waals surface area contributed by atoms with E-state index < -0.39 is 6.04 Å². The fourth-order valence-corrected chi connectivity index (χ4v) is 2.90. The molecule has 2 aromatic heterocycles. The smallest absolute Gasteiger partial charge is 0.262 e. The van der Waals surface area contributed by atoms with E-state index in [1.165, 1.54) is 11.3 Å². The van der Waals surface area contributed by atoms with E-state index >= 15 is 0 Å². The van der Waals surface area contributed by atoms with E-state index in [1.54, 1.807) is 31.3 Å². The number of hydrogen-bond acceptors (Lipinski definition) is 4. The maximum atomic E-state index is 12.1. The van der Waals surface area contributed by atoms with Crippen molar-refractivity contribution in [3.05, 3.63) is 44.7 Å². The van der Waals surface area contributed by atoms with Gasteiger partial charge in [-0.1, -0.05) is 6.07 Å². The molecule has 1 unspecified atom stereocenters. The Bertz CT molecular complexity index is 672. The zero-order valence-corrected chi connectivity index (χ0v) is 13.9. The lowest BCUT2D eigenvalue weighted by molar-refractivity contribution is -0.117. The number of rotatable bonds is 4. The van der Waals surface area contributed by atoms with Crippen LogP contribution in [0.25, 0.3) is 0 Å². The first-order valence-corrected chi connectivity index (χ1v) is 7.87. The van der Waals surface area contributed by atoms with E-state index in [0.29, 0.717) is 10.7 Å². The van der Waals surface area contributed by atoms with Crippen LogP contribution in [-0.4, -0.2) is 22.8 Å². The molecule has 0 spiro atoms. The molecule has 0 aliphatic rings. The van der Waals surface area contributed by atoms with Gasteiger partial charge in [-0.3, -0.25) is 9.59 Å². The monoisotopic (exact) mass is 367 g/mol. The Morgan fingerprint density at radius 2 is 2.10 bits per heavy atom. The van der Waals surface area contributed by atoms with Gasteiger partial charge in [0.2, 0.25) is 5.91 Å². The van der Waals surface area contributed by atoms with Gasteiger partial charge in [0, 0.05) is 6.20 Å². The summed E-state index contributed by atoms with van der Waals surface area (Å²) in [6.07, 6.45) is 1.61. The molecule has 0 aromatic carbocycles. The van der Waals surface area contributed by atoms with E-state index in [2.05, 4.69) is 31.5 Å². The molecule has 7 heteroatoms. The van der Waals surface area contributed by atoms with Crippen LogP contribution >= 0.6 is 27.3 Å². The predicted molar refractivity (Wildman–Crippen MR) is 86.6 cm³/mol. The highest BCUT2D eigenvalue weighted by Gasteiger charge is 2.18. The Morgan fingerprint density at radius 1 is 1.33 bits per heavy atom. The number of amides is 2. The third-order valence-electron chi connectivity index (χ3n) is 2.79. The van der Waals surface area contributed by atoms with E-state index in [1.807, 2.05) is 13.0 Å². The van der Waals surface area contributed by atoms with Gasteiger partial charge in [0.05, 0.1) is 8.66 Å². The van der Waals surface area contributed by atoms with Gasteiger partial charge in [-0.25, -0.2) is 4.98 Å². The van der Waals surface area contributed by atoms with Crippen molar-refractivity contribution in [1.29, 1.82) is 0 Å². The van der Waals surface area contributed by atoms with Crippen molar-refractivity contribution in [2.45, 2.75) is 19.9 Å². The zero-order valence-electron chi connectivity index (χ0n) is 11.5. The number of halogens is 1. The highest BCUT2D eigenvalue weighted by Crippen LogP contribution is 2.21. The average Bonchev–Trinajstić information content (AvgIpc) is 2.88. The number of thiophene rings is 1. The standard InChI is InChI=1S/C14H14BrN3O2S/c1-8-4-3-7-16-12(8)18-13(19)9(2)17-14(20)10-5-6-11(15)21-10/h3-7,9H,1-2H3,(H,17,20)(H,16,18,19). The normalized spacial score (nSPS) is 11.8. The Kier molecular flexibility index (Phi) is 5.08. The molecule has 5 nitrogen and oxygen atoms in total. The molecule has 2 rings (SSSR count). The number of nitrogens with one attached hydrogen (secondary N) is 2. The molecule has 0 saturated heterocycles. The van der Waals surface area contributed by atoms with Gasteiger partial charge in [-0.05, 0) is 53.5 Å². The second-order valence-corrected chi connectivity index (χ2v) is 6.92. The van der Waals surface area contributed by atoms with Crippen molar-refractivity contribution in [2.24, 2.45) is 0 Å². The van der Waals surface area contributed by atoms with Gasteiger partial charge >= 0.3 is 0 Å². The predicted octanol–water partition coefficient (Wildman–Crippen LogP) is 2.97. The van der Waals surface area contributed by atoms with Gasteiger partial charge < -0.3 is 10.6 Å². The van der Waals surface area contributed by atoms with Crippen LogP contribution in [0.15, 0.2) is 34.2 Å². The average molecular weight is 368 g/mol. The van der Waals surface area contributed by atoms with Crippen molar-refractivity contribution in [3.63, 3.8) is 0 Å². The van der Waals surface area contributed by atoms with Gasteiger partial charge in [0.1, 0.15) is 11.9 Å². The number of nitrogens with zero attached hydrogens (tertiary/aromatic N) is 1. The summed E-state index contributed by atoms with van der Waals surface area (Å²) in [6.45, 7) is 3.49. The minimum atomic E-state index is -0.653. The summed E-state index contributed by atoms with van der Waals surface area (Å²) in [5.41, 5.74) is 0.867. The van der Waals surface area contributed by atoms with Crippen LogP contribution in [0.2, 0.25) is 0 Å². The summed E-state index contributed by atoms with van der Waals surface area (Å²) in [5, 5.41) is 5.36. The summed E-state index contributed by atoms with van der Waals surface area (Å²) in [4.78, 5) is 28.7. The SMILES string of the molecule is Cc1cccnc1NC(=O)C(C)NC(=O)c1ccc(Br)s1. The summed E-state index contributed by atoms with van der Waals surface area (Å²) in [7, 11) is 0. The van der Waals surface area contributed by atoms with Crippen LogP contribution in [0, 0.1) is 6.92 Å². The maximum absolute atomic E-state index is 12.1. The highest BCUT2D eigenvalue weighted by molar-refractivity contribution is 9.11. The molecule has 1 atom stereocenters. The molecule has 2 amide bonds. The lowest BCUT2D eigenvalue weighted by Gasteiger charge is -2.14. The van der Waals surface area contributed by atoms with Crippen molar-refractivity contribution in [1.82, 2.24) is 10.3 Å². The molecule has 21 heavy (non-hydrogen) atoms. The van der Waals surface area contributed by atoms with Crippen LogP contribution in [0.1, 0.15) is 22.2 Å². The number of aromatic nitrogens is 1. The van der Waals surface area contributed by atoms with E-state index in [9.17, 15) is 9.59 Å². The van der Waals surface area contributed by atoms with E-state index in [0.717, 1.165) is 9.35 Å². The molecule has 2 aromatic rings. The molecule has 0 fully saturated rings. The van der Waals surface area contributed by atoms with E-state index in [4.69, 9.17) is 0 Å². The Balaban J connectivity index is 1.97. The summed E-state index contributed by atoms with van der Waals surface area (Å²) >= 11 is 4.62. The number of pyridine rings is 1. The maximum Gasteiger partial charge on any atom is 0.262 e. The molecule has 0 bridgehead atoms. The van der Waals surface area contributed by atoms with E-state index in [-0.39, 0.29) is 11.8 Å². The summed E-state index contributed by atoms with van der Waals surface area (Å²) in [6, 6.07) is 6.50. The minimum Gasteiger partial charge on any atom is -0.340 e. The molecule has 0 saturated carbocycles. The van der Waals surface area contributed by atoms with Gasteiger partial charge in [-0.2, -0.15) is 0 Å². The summed E-state index contributed by atoms with van der Waals surface area (Å²) < 4.78 is 0.869. The Morgan fingerprint density at radius 3 is 2.71 bits per heavy atom. The van der Waals surface area contributed by atoms with Gasteiger partial charge in [0.25, 0.3) is 5.91 Å². The molecule has 2 heterocycles. The molecular formula is C14H14BrN3O2S. The summed E-state index contributed by atoms with van der Waals surface area (Å²) in [5.74, 6) is -0.0747. The molecule has 0 aliphatic carbocycles.